The molecule has 0 bridgehead atoms. The zero-order valence-corrected chi connectivity index (χ0v) is 11.6. The Kier molecular flexibility index (Phi) is 3.44. The second-order valence-electron chi connectivity index (χ2n) is 4.91. The van der Waals surface area contributed by atoms with Gasteiger partial charge in [-0.05, 0) is 37.6 Å². The first-order valence-corrected chi connectivity index (χ1v) is 6.90. The largest absolute Gasteiger partial charge is 0.364 e. The van der Waals surface area contributed by atoms with Crippen LogP contribution in [0.15, 0.2) is 24.3 Å². The molecule has 3 N–H and O–H groups in total. The van der Waals surface area contributed by atoms with E-state index < -0.39 is 0 Å². The van der Waals surface area contributed by atoms with E-state index in [0.29, 0.717) is 6.04 Å². The molecule has 2 heterocycles. The van der Waals surface area contributed by atoms with Crippen LogP contribution in [0.2, 0.25) is 5.02 Å². The minimum absolute atomic E-state index is 0.453. The number of H-pyrrole nitrogens is 1. The van der Waals surface area contributed by atoms with E-state index in [2.05, 4.69) is 20.8 Å². The zero-order valence-electron chi connectivity index (χ0n) is 10.8. The summed E-state index contributed by atoms with van der Waals surface area (Å²) in [6.07, 6.45) is 1.13. The first-order valence-electron chi connectivity index (χ1n) is 6.52. The van der Waals surface area contributed by atoms with Gasteiger partial charge in [0.15, 0.2) is 5.82 Å². The van der Waals surface area contributed by atoms with Gasteiger partial charge < -0.3 is 10.6 Å². The summed E-state index contributed by atoms with van der Waals surface area (Å²) in [6, 6.07) is 8.32. The van der Waals surface area contributed by atoms with E-state index in [4.69, 9.17) is 11.6 Å². The molecule has 0 saturated carbocycles. The van der Waals surface area contributed by atoms with Crippen LogP contribution in [0.3, 0.4) is 0 Å². The quantitative estimate of drug-likeness (QED) is 0.808. The third-order valence-corrected chi connectivity index (χ3v) is 3.73. The van der Waals surface area contributed by atoms with Gasteiger partial charge in [-0.3, -0.25) is 5.10 Å². The van der Waals surface area contributed by atoms with E-state index in [1.165, 1.54) is 0 Å². The maximum Gasteiger partial charge on any atom is 0.156 e. The second kappa shape index (κ2) is 5.23. The van der Waals surface area contributed by atoms with E-state index >= 15 is 0 Å². The topological polar surface area (TPSA) is 52.7 Å². The van der Waals surface area contributed by atoms with Crippen LogP contribution in [-0.2, 0) is 0 Å². The molecule has 1 saturated heterocycles. The van der Waals surface area contributed by atoms with Crippen molar-refractivity contribution in [1.82, 2.24) is 15.5 Å². The average molecular weight is 277 g/mol. The van der Waals surface area contributed by atoms with Crippen molar-refractivity contribution in [2.45, 2.75) is 19.4 Å². The number of anilines is 1. The van der Waals surface area contributed by atoms with Crippen LogP contribution >= 0.6 is 11.6 Å². The van der Waals surface area contributed by atoms with Gasteiger partial charge in [0, 0.05) is 28.9 Å². The Bertz CT molecular complexity index is 555. The smallest absolute Gasteiger partial charge is 0.156 e. The Morgan fingerprint density at radius 2 is 2.11 bits per heavy atom. The highest BCUT2D eigenvalue weighted by Gasteiger charge is 2.19. The Balaban J connectivity index is 1.91. The Hall–Kier alpha value is -1.52. The fourth-order valence-electron chi connectivity index (χ4n) is 2.47. The minimum Gasteiger partial charge on any atom is -0.364 e. The fourth-order valence-corrected chi connectivity index (χ4v) is 2.60. The van der Waals surface area contributed by atoms with Crippen LogP contribution in [0, 0.1) is 6.92 Å². The molecule has 0 spiro atoms. The molecule has 0 radical (unpaired) electrons. The van der Waals surface area contributed by atoms with Crippen LogP contribution in [0.1, 0.15) is 12.1 Å². The molecule has 1 atom stereocenters. The predicted octanol–water partition coefficient (Wildman–Crippen LogP) is 2.81. The van der Waals surface area contributed by atoms with Crippen molar-refractivity contribution in [3.05, 3.63) is 35.0 Å². The van der Waals surface area contributed by atoms with Gasteiger partial charge in [0.25, 0.3) is 0 Å². The Morgan fingerprint density at radius 1 is 1.32 bits per heavy atom. The summed E-state index contributed by atoms with van der Waals surface area (Å²) in [5.74, 6) is 0.925. The molecule has 0 aliphatic carbocycles. The van der Waals surface area contributed by atoms with Gasteiger partial charge in [0.1, 0.15) is 0 Å². The van der Waals surface area contributed by atoms with Crippen molar-refractivity contribution in [3.63, 3.8) is 0 Å². The standard InChI is InChI=1S/C14H17ClN4/c1-9-13(10-2-4-11(15)5-3-10)14(19-18-9)17-12-6-7-16-8-12/h2-5,12,16H,6-8H2,1H3,(H2,17,18,19). The molecule has 4 nitrogen and oxygen atoms in total. The number of nitrogens with one attached hydrogen (secondary N) is 3. The lowest BCUT2D eigenvalue weighted by Crippen LogP contribution is -2.22. The SMILES string of the molecule is Cc1[nH]nc(NC2CCNC2)c1-c1ccc(Cl)cc1. The van der Waals surface area contributed by atoms with Gasteiger partial charge in [-0.2, -0.15) is 5.10 Å². The summed E-state index contributed by atoms with van der Waals surface area (Å²) >= 11 is 5.94. The Labute approximate surface area is 117 Å². The lowest BCUT2D eigenvalue weighted by molar-refractivity contribution is 0.786. The van der Waals surface area contributed by atoms with Crippen molar-refractivity contribution < 1.29 is 0 Å². The highest BCUT2D eigenvalue weighted by atomic mass is 35.5. The van der Waals surface area contributed by atoms with E-state index in [1.54, 1.807) is 0 Å². The molecule has 1 aliphatic rings. The molecule has 100 valence electrons. The molecule has 1 aliphatic heterocycles. The second-order valence-corrected chi connectivity index (χ2v) is 5.35. The molecule has 1 unspecified atom stereocenters. The molecule has 19 heavy (non-hydrogen) atoms. The summed E-state index contributed by atoms with van der Waals surface area (Å²) in [4.78, 5) is 0. The number of benzene rings is 1. The van der Waals surface area contributed by atoms with Gasteiger partial charge in [0.05, 0.1) is 0 Å². The monoisotopic (exact) mass is 276 g/mol. The first kappa shape index (κ1) is 12.5. The molecular formula is C14H17ClN4. The Morgan fingerprint density at radius 3 is 2.79 bits per heavy atom. The van der Waals surface area contributed by atoms with Crippen LogP contribution in [-0.4, -0.2) is 29.3 Å². The van der Waals surface area contributed by atoms with Crippen LogP contribution in [0.25, 0.3) is 11.1 Å². The number of aryl methyl sites for hydroxylation is 1. The highest BCUT2D eigenvalue weighted by Crippen LogP contribution is 2.30. The van der Waals surface area contributed by atoms with Crippen molar-refractivity contribution >= 4 is 17.4 Å². The van der Waals surface area contributed by atoms with Gasteiger partial charge in [-0.15, -0.1) is 0 Å². The first-order chi connectivity index (χ1) is 9.24. The number of rotatable bonds is 3. The van der Waals surface area contributed by atoms with E-state index in [9.17, 15) is 0 Å². The normalized spacial score (nSPS) is 18.7. The zero-order chi connectivity index (χ0) is 13.2. The number of aromatic nitrogens is 2. The molecule has 1 fully saturated rings. The van der Waals surface area contributed by atoms with Gasteiger partial charge >= 0.3 is 0 Å². The van der Waals surface area contributed by atoms with Crippen molar-refractivity contribution in [3.8, 4) is 11.1 Å². The van der Waals surface area contributed by atoms with Gasteiger partial charge in [0.2, 0.25) is 0 Å². The summed E-state index contributed by atoms with van der Waals surface area (Å²) in [5, 5.41) is 15.0. The lowest BCUT2D eigenvalue weighted by atomic mass is 10.1. The highest BCUT2D eigenvalue weighted by molar-refractivity contribution is 6.30. The predicted molar refractivity (Wildman–Crippen MR) is 78.7 cm³/mol. The van der Waals surface area contributed by atoms with E-state index in [1.807, 2.05) is 31.2 Å². The summed E-state index contributed by atoms with van der Waals surface area (Å²) in [5.41, 5.74) is 3.32. The molecule has 3 rings (SSSR count). The van der Waals surface area contributed by atoms with E-state index in [0.717, 1.165) is 47.2 Å². The number of hydrogen-bond acceptors (Lipinski definition) is 3. The molecule has 1 aromatic carbocycles. The number of hydrogen-bond donors (Lipinski definition) is 3. The fraction of sp³-hybridized carbons (Fsp3) is 0.357. The summed E-state index contributed by atoms with van der Waals surface area (Å²) < 4.78 is 0. The van der Waals surface area contributed by atoms with Crippen LogP contribution in [0.4, 0.5) is 5.82 Å². The number of halogens is 1. The molecule has 5 heteroatoms. The third kappa shape index (κ3) is 2.60. The van der Waals surface area contributed by atoms with Crippen LogP contribution < -0.4 is 10.6 Å². The summed E-state index contributed by atoms with van der Waals surface area (Å²) in [7, 11) is 0. The summed E-state index contributed by atoms with van der Waals surface area (Å²) in [6.45, 7) is 4.10. The van der Waals surface area contributed by atoms with Crippen molar-refractivity contribution in [2.75, 3.05) is 18.4 Å². The molecule has 0 amide bonds. The van der Waals surface area contributed by atoms with Gasteiger partial charge in [-0.1, -0.05) is 23.7 Å². The van der Waals surface area contributed by atoms with Crippen molar-refractivity contribution in [1.29, 1.82) is 0 Å². The molecule has 1 aromatic heterocycles. The third-order valence-electron chi connectivity index (χ3n) is 3.48. The maximum atomic E-state index is 5.94. The van der Waals surface area contributed by atoms with Crippen LogP contribution in [0.5, 0.6) is 0 Å². The van der Waals surface area contributed by atoms with E-state index in [-0.39, 0.29) is 0 Å². The molecule has 2 aromatic rings. The number of nitrogens with zero attached hydrogens (tertiary/aromatic N) is 1. The molecular weight excluding hydrogens is 260 g/mol. The maximum absolute atomic E-state index is 5.94. The average Bonchev–Trinajstić information content (AvgIpc) is 3.02. The number of aromatic amines is 1. The van der Waals surface area contributed by atoms with Gasteiger partial charge in [-0.25, -0.2) is 0 Å². The minimum atomic E-state index is 0.453. The van der Waals surface area contributed by atoms with Crippen molar-refractivity contribution in [2.24, 2.45) is 0 Å². The lowest BCUT2D eigenvalue weighted by Gasteiger charge is -2.12.